The summed E-state index contributed by atoms with van der Waals surface area (Å²) in [5.41, 5.74) is 1.32. The van der Waals surface area contributed by atoms with Gasteiger partial charge >= 0.3 is 6.03 Å². The maximum absolute atomic E-state index is 13.0. The highest BCUT2D eigenvalue weighted by molar-refractivity contribution is 5.96. The van der Waals surface area contributed by atoms with Gasteiger partial charge in [-0.1, -0.05) is 0 Å². The molecular formula is C19H20FN3O3. The van der Waals surface area contributed by atoms with Gasteiger partial charge in [0, 0.05) is 36.8 Å². The summed E-state index contributed by atoms with van der Waals surface area (Å²) in [6, 6.07) is 12.5. The maximum atomic E-state index is 13.0. The van der Waals surface area contributed by atoms with Crippen LogP contribution in [-0.2, 0) is 4.79 Å². The van der Waals surface area contributed by atoms with Crippen molar-refractivity contribution < 1.29 is 18.7 Å². The summed E-state index contributed by atoms with van der Waals surface area (Å²) in [5.74, 6) is 0.350. The SMILES string of the molecule is COc1ccc(NC(=O)NC[C@@H]2CC(=O)N(c3ccc(F)cc3)C2)cc1. The molecule has 0 radical (unpaired) electrons. The Hall–Kier alpha value is -3.09. The smallest absolute Gasteiger partial charge is 0.319 e. The van der Waals surface area contributed by atoms with Crippen LogP contribution in [0.15, 0.2) is 48.5 Å². The van der Waals surface area contributed by atoms with Crippen molar-refractivity contribution in [2.45, 2.75) is 6.42 Å². The van der Waals surface area contributed by atoms with Gasteiger partial charge in [0.25, 0.3) is 0 Å². The molecular weight excluding hydrogens is 337 g/mol. The molecule has 26 heavy (non-hydrogen) atoms. The Bertz CT molecular complexity index is 778. The highest BCUT2D eigenvalue weighted by Gasteiger charge is 2.30. The number of amides is 3. The zero-order valence-electron chi connectivity index (χ0n) is 14.4. The number of hydrogen-bond acceptors (Lipinski definition) is 3. The number of carbonyl (C=O) groups is 2. The minimum absolute atomic E-state index is 0.00849. The van der Waals surface area contributed by atoms with E-state index in [-0.39, 0.29) is 23.7 Å². The molecule has 0 bridgehead atoms. The summed E-state index contributed by atoms with van der Waals surface area (Å²) < 4.78 is 18.1. The van der Waals surface area contributed by atoms with Gasteiger partial charge < -0.3 is 20.3 Å². The fraction of sp³-hybridized carbons (Fsp3) is 0.263. The number of ether oxygens (including phenoxy) is 1. The molecule has 1 heterocycles. The lowest BCUT2D eigenvalue weighted by Crippen LogP contribution is -2.34. The van der Waals surface area contributed by atoms with E-state index in [4.69, 9.17) is 4.74 Å². The van der Waals surface area contributed by atoms with Crippen molar-refractivity contribution in [3.63, 3.8) is 0 Å². The molecule has 1 aliphatic rings. The average Bonchev–Trinajstić information content (AvgIpc) is 3.02. The first-order valence-electron chi connectivity index (χ1n) is 8.30. The third-order valence-corrected chi connectivity index (χ3v) is 4.24. The van der Waals surface area contributed by atoms with E-state index in [1.165, 1.54) is 12.1 Å². The van der Waals surface area contributed by atoms with E-state index in [0.717, 1.165) is 0 Å². The Morgan fingerprint density at radius 3 is 2.54 bits per heavy atom. The van der Waals surface area contributed by atoms with E-state index < -0.39 is 0 Å². The highest BCUT2D eigenvalue weighted by Crippen LogP contribution is 2.25. The lowest BCUT2D eigenvalue weighted by molar-refractivity contribution is -0.117. The largest absolute Gasteiger partial charge is 0.497 e. The summed E-state index contributed by atoms with van der Waals surface area (Å²) in [7, 11) is 1.58. The molecule has 1 saturated heterocycles. The van der Waals surface area contributed by atoms with Gasteiger partial charge in [-0.15, -0.1) is 0 Å². The topological polar surface area (TPSA) is 70.7 Å². The van der Waals surface area contributed by atoms with Gasteiger partial charge in [0.2, 0.25) is 5.91 Å². The van der Waals surface area contributed by atoms with Gasteiger partial charge in [0.05, 0.1) is 7.11 Å². The van der Waals surface area contributed by atoms with Crippen molar-refractivity contribution in [2.24, 2.45) is 5.92 Å². The Balaban J connectivity index is 1.49. The Labute approximate surface area is 150 Å². The molecule has 136 valence electrons. The number of benzene rings is 2. The molecule has 0 saturated carbocycles. The van der Waals surface area contributed by atoms with Crippen molar-refractivity contribution in [3.8, 4) is 5.75 Å². The molecule has 0 aliphatic carbocycles. The number of hydrogen-bond donors (Lipinski definition) is 2. The van der Waals surface area contributed by atoms with E-state index in [1.807, 2.05) is 0 Å². The number of methoxy groups -OCH3 is 1. The Morgan fingerprint density at radius 1 is 1.19 bits per heavy atom. The molecule has 7 heteroatoms. The molecule has 3 amide bonds. The number of rotatable bonds is 5. The molecule has 1 atom stereocenters. The van der Waals surface area contributed by atoms with Crippen LogP contribution in [0.25, 0.3) is 0 Å². The van der Waals surface area contributed by atoms with E-state index in [9.17, 15) is 14.0 Å². The number of urea groups is 1. The standard InChI is InChI=1S/C19H20FN3O3/c1-26-17-8-4-15(5-9-17)22-19(25)21-11-13-10-18(24)23(12-13)16-6-2-14(20)3-7-16/h2-9,13H,10-12H2,1H3,(H2,21,22,25)/t13-/m0/s1. The quantitative estimate of drug-likeness (QED) is 0.864. The van der Waals surface area contributed by atoms with Crippen molar-refractivity contribution >= 4 is 23.3 Å². The van der Waals surface area contributed by atoms with Crippen molar-refractivity contribution in [3.05, 3.63) is 54.3 Å². The average molecular weight is 357 g/mol. The number of carbonyl (C=O) groups excluding carboxylic acids is 2. The van der Waals surface area contributed by atoms with Crippen LogP contribution in [0, 0.1) is 11.7 Å². The summed E-state index contributed by atoms with van der Waals surface area (Å²) in [6.45, 7) is 0.874. The normalized spacial score (nSPS) is 16.5. The van der Waals surface area contributed by atoms with Crippen LogP contribution in [0.4, 0.5) is 20.6 Å². The second kappa shape index (κ2) is 7.86. The lowest BCUT2D eigenvalue weighted by atomic mass is 10.1. The highest BCUT2D eigenvalue weighted by atomic mass is 19.1. The van der Waals surface area contributed by atoms with Crippen LogP contribution in [0.2, 0.25) is 0 Å². The zero-order chi connectivity index (χ0) is 18.5. The molecule has 2 N–H and O–H groups in total. The summed E-state index contributed by atoms with van der Waals surface area (Å²) in [5, 5.41) is 5.51. The third-order valence-electron chi connectivity index (χ3n) is 4.24. The summed E-state index contributed by atoms with van der Waals surface area (Å²) in [6.07, 6.45) is 0.347. The van der Waals surface area contributed by atoms with Crippen LogP contribution < -0.4 is 20.3 Å². The van der Waals surface area contributed by atoms with E-state index >= 15 is 0 Å². The number of nitrogens with zero attached hydrogens (tertiary/aromatic N) is 1. The van der Waals surface area contributed by atoms with Gasteiger partial charge in [-0.25, -0.2) is 9.18 Å². The van der Waals surface area contributed by atoms with E-state index in [2.05, 4.69) is 10.6 Å². The first-order valence-corrected chi connectivity index (χ1v) is 8.30. The van der Waals surface area contributed by atoms with Crippen LogP contribution >= 0.6 is 0 Å². The van der Waals surface area contributed by atoms with Gasteiger partial charge in [-0.2, -0.15) is 0 Å². The molecule has 1 fully saturated rings. The van der Waals surface area contributed by atoms with Crippen molar-refractivity contribution in [1.29, 1.82) is 0 Å². The van der Waals surface area contributed by atoms with E-state index in [1.54, 1.807) is 48.4 Å². The molecule has 2 aromatic carbocycles. The maximum Gasteiger partial charge on any atom is 0.319 e. The lowest BCUT2D eigenvalue weighted by Gasteiger charge is -2.17. The third kappa shape index (κ3) is 4.30. The predicted octanol–water partition coefficient (Wildman–Crippen LogP) is 3.01. The Morgan fingerprint density at radius 2 is 1.88 bits per heavy atom. The van der Waals surface area contributed by atoms with Crippen molar-refractivity contribution in [1.82, 2.24) is 5.32 Å². The van der Waals surface area contributed by atoms with E-state index in [0.29, 0.717) is 36.6 Å². The first kappa shape index (κ1) is 17.7. The number of nitrogens with one attached hydrogen (secondary N) is 2. The molecule has 0 aromatic heterocycles. The molecule has 2 aromatic rings. The predicted molar refractivity (Wildman–Crippen MR) is 96.9 cm³/mol. The van der Waals surface area contributed by atoms with Gasteiger partial charge in [0.15, 0.2) is 0 Å². The fourth-order valence-corrected chi connectivity index (χ4v) is 2.88. The Kier molecular flexibility index (Phi) is 5.36. The molecule has 6 nitrogen and oxygen atoms in total. The number of anilines is 2. The van der Waals surface area contributed by atoms with Gasteiger partial charge in [0.1, 0.15) is 11.6 Å². The van der Waals surface area contributed by atoms with Crippen LogP contribution in [0.1, 0.15) is 6.42 Å². The second-order valence-electron chi connectivity index (χ2n) is 6.11. The van der Waals surface area contributed by atoms with Gasteiger partial charge in [-0.3, -0.25) is 4.79 Å². The summed E-state index contributed by atoms with van der Waals surface area (Å²) in [4.78, 5) is 25.8. The molecule has 3 rings (SSSR count). The monoisotopic (exact) mass is 357 g/mol. The van der Waals surface area contributed by atoms with Gasteiger partial charge in [-0.05, 0) is 48.5 Å². The fourth-order valence-electron chi connectivity index (χ4n) is 2.88. The minimum atomic E-state index is -0.339. The van der Waals surface area contributed by atoms with Crippen LogP contribution in [0.5, 0.6) is 5.75 Å². The molecule has 1 aliphatic heterocycles. The summed E-state index contributed by atoms with van der Waals surface area (Å²) >= 11 is 0. The number of halogens is 1. The first-order chi connectivity index (χ1) is 12.5. The molecule has 0 spiro atoms. The molecule has 0 unspecified atom stereocenters. The second-order valence-corrected chi connectivity index (χ2v) is 6.11. The van der Waals surface area contributed by atoms with Crippen molar-refractivity contribution in [2.75, 3.05) is 30.4 Å². The zero-order valence-corrected chi connectivity index (χ0v) is 14.4. The van der Waals surface area contributed by atoms with Crippen LogP contribution in [-0.4, -0.2) is 32.1 Å². The van der Waals surface area contributed by atoms with Crippen LogP contribution in [0.3, 0.4) is 0 Å². The minimum Gasteiger partial charge on any atom is -0.497 e.